The van der Waals surface area contributed by atoms with Gasteiger partial charge in [0.2, 0.25) is 0 Å². The highest BCUT2D eigenvalue weighted by atomic mass is 32.2. The quantitative estimate of drug-likeness (QED) is 0.891. The van der Waals surface area contributed by atoms with Crippen molar-refractivity contribution in [3.63, 3.8) is 0 Å². The molecule has 0 aliphatic heterocycles. The minimum Gasteiger partial charge on any atom is -0.444 e. The smallest absolute Gasteiger partial charge is 0.408 e. The molecule has 1 rings (SSSR count). The van der Waals surface area contributed by atoms with E-state index in [2.05, 4.69) is 5.32 Å². The first-order valence-corrected chi connectivity index (χ1v) is 9.04. The van der Waals surface area contributed by atoms with Crippen LogP contribution in [0.15, 0.2) is 46.7 Å². The molecule has 1 aromatic carbocycles. The molecular formula is C17H25NO4S. The van der Waals surface area contributed by atoms with Crippen LogP contribution in [0, 0.1) is 5.92 Å². The van der Waals surface area contributed by atoms with Crippen molar-refractivity contribution in [2.75, 3.05) is 0 Å². The number of alkyl carbamates (subject to hydrolysis) is 1. The van der Waals surface area contributed by atoms with Gasteiger partial charge in [-0.2, -0.15) is 0 Å². The highest BCUT2D eigenvalue weighted by Gasteiger charge is 2.20. The van der Waals surface area contributed by atoms with Gasteiger partial charge < -0.3 is 10.1 Å². The van der Waals surface area contributed by atoms with E-state index in [0.29, 0.717) is 0 Å². The fraction of sp³-hybridized carbons (Fsp3) is 0.471. The van der Waals surface area contributed by atoms with Crippen LogP contribution in [0.25, 0.3) is 0 Å². The molecule has 128 valence electrons. The van der Waals surface area contributed by atoms with Crippen LogP contribution in [0.3, 0.4) is 0 Å². The van der Waals surface area contributed by atoms with Crippen molar-refractivity contribution in [1.82, 2.24) is 5.32 Å². The van der Waals surface area contributed by atoms with E-state index in [-0.39, 0.29) is 10.8 Å². The van der Waals surface area contributed by atoms with Crippen molar-refractivity contribution in [2.24, 2.45) is 5.92 Å². The van der Waals surface area contributed by atoms with Gasteiger partial charge >= 0.3 is 6.09 Å². The maximum Gasteiger partial charge on any atom is 0.408 e. The zero-order valence-corrected chi connectivity index (χ0v) is 15.1. The predicted molar refractivity (Wildman–Crippen MR) is 90.8 cm³/mol. The van der Waals surface area contributed by atoms with E-state index < -0.39 is 27.6 Å². The Hall–Kier alpha value is -1.82. The summed E-state index contributed by atoms with van der Waals surface area (Å²) in [5, 5.41) is 3.81. The Morgan fingerprint density at radius 1 is 1.17 bits per heavy atom. The number of amides is 1. The average Bonchev–Trinajstić information content (AvgIpc) is 2.42. The number of nitrogens with one attached hydrogen (secondary N) is 1. The number of hydrogen-bond donors (Lipinski definition) is 1. The van der Waals surface area contributed by atoms with Crippen molar-refractivity contribution >= 4 is 15.9 Å². The van der Waals surface area contributed by atoms with Crippen LogP contribution in [-0.2, 0) is 14.6 Å². The lowest BCUT2D eigenvalue weighted by Gasteiger charge is -2.24. The second-order valence-corrected chi connectivity index (χ2v) is 8.44. The fourth-order valence-electron chi connectivity index (χ4n) is 1.76. The van der Waals surface area contributed by atoms with Gasteiger partial charge in [0.25, 0.3) is 0 Å². The van der Waals surface area contributed by atoms with Crippen LogP contribution in [0.4, 0.5) is 4.79 Å². The summed E-state index contributed by atoms with van der Waals surface area (Å²) in [5.41, 5.74) is -0.606. The molecule has 0 aliphatic carbocycles. The van der Waals surface area contributed by atoms with Crippen LogP contribution in [0.5, 0.6) is 0 Å². The summed E-state index contributed by atoms with van der Waals surface area (Å²) < 4.78 is 29.7. The third-order valence-electron chi connectivity index (χ3n) is 2.94. The molecule has 0 radical (unpaired) electrons. The van der Waals surface area contributed by atoms with E-state index in [1.54, 1.807) is 39.0 Å². The summed E-state index contributed by atoms with van der Waals surface area (Å²) in [6.07, 6.45) is 0.912. The number of ether oxygens (including phenoxy) is 1. The second kappa shape index (κ2) is 7.64. The molecule has 6 heteroatoms. The summed E-state index contributed by atoms with van der Waals surface area (Å²) >= 11 is 0. The predicted octanol–water partition coefficient (Wildman–Crippen LogP) is 3.52. The first-order valence-electron chi connectivity index (χ1n) is 7.49. The van der Waals surface area contributed by atoms with E-state index >= 15 is 0 Å². The third kappa shape index (κ3) is 6.86. The van der Waals surface area contributed by atoms with Gasteiger partial charge in [-0.15, -0.1) is 0 Å². The van der Waals surface area contributed by atoms with E-state index in [1.807, 2.05) is 13.8 Å². The molecule has 0 heterocycles. The van der Waals surface area contributed by atoms with Crippen molar-refractivity contribution in [2.45, 2.75) is 51.2 Å². The van der Waals surface area contributed by atoms with E-state index in [1.165, 1.54) is 18.2 Å². The van der Waals surface area contributed by atoms with Crippen LogP contribution in [0.1, 0.15) is 34.6 Å². The molecule has 0 aliphatic rings. The Labute approximate surface area is 138 Å². The van der Waals surface area contributed by atoms with Gasteiger partial charge in [0.15, 0.2) is 9.84 Å². The lowest BCUT2D eigenvalue weighted by Crippen LogP contribution is -2.40. The zero-order valence-electron chi connectivity index (χ0n) is 14.2. The number of benzene rings is 1. The van der Waals surface area contributed by atoms with Gasteiger partial charge in [-0.3, -0.25) is 0 Å². The maximum atomic E-state index is 12.2. The second-order valence-electron chi connectivity index (χ2n) is 6.60. The Bertz CT molecular complexity index is 643. The van der Waals surface area contributed by atoms with Gasteiger partial charge in [-0.1, -0.05) is 38.1 Å². The van der Waals surface area contributed by atoms with Crippen molar-refractivity contribution in [1.29, 1.82) is 0 Å². The Morgan fingerprint density at radius 2 is 1.74 bits per heavy atom. The molecule has 23 heavy (non-hydrogen) atoms. The number of carbonyl (C=O) groups is 1. The molecule has 0 saturated carbocycles. The van der Waals surface area contributed by atoms with Crippen LogP contribution in [-0.4, -0.2) is 26.2 Å². The molecule has 0 unspecified atom stereocenters. The number of rotatable bonds is 5. The van der Waals surface area contributed by atoms with E-state index in [0.717, 1.165) is 5.41 Å². The Kier molecular flexibility index (Phi) is 6.38. The minimum absolute atomic E-state index is 0.0183. The summed E-state index contributed by atoms with van der Waals surface area (Å²) in [4.78, 5) is 12.1. The highest BCUT2D eigenvalue weighted by molar-refractivity contribution is 7.94. The largest absolute Gasteiger partial charge is 0.444 e. The molecule has 1 atom stereocenters. The number of carbonyl (C=O) groups excluding carboxylic acids is 1. The van der Waals surface area contributed by atoms with Crippen LogP contribution < -0.4 is 5.32 Å². The normalized spacial score (nSPS) is 14.0. The standard InChI is InChI=1S/C17H25NO4S/c1-13(2)15(18-16(19)22-17(3,4)5)11-12-23(20,21)14-9-7-6-8-10-14/h6-13,15H,1-5H3,(H,18,19)/b12-11+/t15-/m1/s1. The molecule has 1 aromatic rings. The van der Waals surface area contributed by atoms with Crippen molar-refractivity contribution in [3.05, 3.63) is 41.8 Å². The Morgan fingerprint density at radius 3 is 2.22 bits per heavy atom. The molecule has 0 bridgehead atoms. The third-order valence-corrected chi connectivity index (χ3v) is 4.38. The summed E-state index contributed by atoms with van der Waals surface area (Å²) in [7, 11) is -3.53. The molecule has 5 nitrogen and oxygen atoms in total. The first kappa shape index (κ1) is 19.2. The van der Waals surface area contributed by atoms with Crippen molar-refractivity contribution in [3.8, 4) is 0 Å². The highest BCUT2D eigenvalue weighted by Crippen LogP contribution is 2.14. The molecule has 0 spiro atoms. The summed E-state index contributed by atoms with van der Waals surface area (Å²) in [5.74, 6) is 0.0183. The summed E-state index contributed by atoms with van der Waals surface area (Å²) in [6, 6.07) is 7.71. The zero-order chi connectivity index (χ0) is 17.7. The Balaban J connectivity index is 2.86. The van der Waals surface area contributed by atoms with Gasteiger partial charge in [0.05, 0.1) is 10.9 Å². The minimum atomic E-state index is -3.53. The van der Waals surface area contributed by atoms with Gasteiger partial charge in [0.1, 0.15) is 5.60 Å². The topological polar surface area (TPSA) is 72.5 Å². The monoisotopic (exact) mass is 339 g/mol. The molecule has 1 N–H and O–H groups in total. The molecular weight excluding hydrogens is 314 g/mol. The van der Waals surface area contributed by atoms with Crippen LogP contribution in [0.2, 0.25) is 0 Å². The van der Waals surface area contributed by atoms with Crippen LogP contribution >= 0.6 is 0 Å². The lowest BCUT2D eigenvalue weighted by atomic mass is 10.1. The van der Waals surface area contributed by atoms with Gasteiger partial charge in [-0.25, -0.2) is 13.2 Å². The maximum absolute atomic E-state index is 12.2. The molecule has 0 fully saturated rings. The average molecular weight is 339 g/mol. The number of hydrogen-bond acceptors (Lipinski definition) is 4. The van der Waals surface area contributed by atoms with Gasteiger partial charge in [0, 0.05) is 5.41 Å². The van der Waals surface area contributed by atoms with Crippen molar-refractivity contribution < 1.29 is 17.9 Å². The SMILES string of the molecule is CC(C)[C@@H](/C=C/S(=O)(=O)c1ccccc1)NC(=O)OC(C)(C)C. The number of sulfone groups is 1. The molecule has 1 amide bonds. The summed E-state index contributed by atoms with van der Waals surface area (Å²) in [6.45, 7) is 9.09. The first-order chi connectivity index (χ1) is 10.5. The fourth-order valence-corrected chi connectivity index (χ4v) is 2.83. The van der Waals surface area contributed by atoms with E-state index in [4.69, 9.17) is 4.74 Å². The lowest BCUT2D eigenvalue weighted by molar-refractivity contribution is 0.0504. The van der Waals surface area contributed by atoms with E-state index in [9.17, 15) is 13.2 Å². The molecule has 0 saturated heterocycles. The van der Waals surface area contributed by atoms with Gasteiger partial charge in [-0.05, 0) is 38.8 Å². The molecule has 0 aromatic heterocycles.